The van der Waals surface area contributed by atoms with Crippen molar-refractivity contribution in [2.24, 2.45) is 0 Å². The maximum Gasteiger partial charge on any atom is 0.352 e. The van der Waals surface area contributed by atoms with Crippen molar-refractivity contribution in [3.8, 4) is 0 Å². The Labute approximate surface area is 154 Å². The first kappa shape index (κ1) is 20.1. The summed E-state index contributed by atoms with van der Waals surface area (Å²) in [7, 11) is -1.11. The Balaban J connectivity index is 2.11. The van der Waals surface area contributed by atoms with Gasteiger partial charge in [0.05, 0.1) is 0 Å². The van der Waals surface area contributed by atoms with E-state index in [1.165, 1.54) is 42.5 Å². The summed E-state index contributed by atoms with van der Waals surface area (Å²) in [5.41, 5.74) is 0.629. The molecule has 25 heavy (non-hydrogen) atoms. The van der Waals surface area contributed by atoms with Crippen LogP contribution >= 0.6 is 23.5 Å². The van der Waals surface area contributed by atoms with Gasteiger partial charge in [-0.3, -0.25) is 14.5 Å². The van der Waals surface area contributed by atoms with Crippen LogP contribution in [0.15, 0.2) is 11.3 Å². The molecule has 9 nitrogen and oxygen atoms in total. The van der Waals surface area contributed by atoms with Gasteiger partial charge in [0.15, 0.2) is 0 Å². The third kappa shape index (κ3) is 3.96. The van der Waals surface area contributed by atoms with Gasteiger partial charge in [0.25, 0.3) is 5.91 Å². The molecule has 0 aromatic rings. The summed E-state index contributed by atoms with van der Waals surface area (Å²) in [5.74, 6) is -2.32. The average molecular weight is 410 g/mol. The molecule has 12 heteroatoms. The van der Waals surface area contributed by atoms with Crippen LogP contribution in [0, 0.1) is 0 Å². The van der Waals surface area contributed by atoms with E-state index < -0.39 is 45.0 Å². The van der Waals surface area contributed by atoms with Gasteiger partial charge in [-0.2, -0.15) is 11.8 Å². The van der Waals surface area contributed by atoms with E-state index in [2.05, 4.69) is 5.32 Å². The van der Waals surface area contributed by atoms with Gasteiger partial charge < -0.3 is 10.4 Å². The lowest BCUT2D eigenvalue weighted by Crippen LogP contribution is -2.71. The van der Waals surface area contributed by atoms with E-state index in [1.54, 1.807) is 0 Å². The first-order valence-electron chi connectivity index (χ1n) is 7.18. The van der Waals surface area contributed by atoms with Crippen LogP contribution in [-0.4, -0.2) is 89.5 Å². The van der Waals surface area contributed by atoms with Crippen LogP contribution in [0.25, 0.3) is 0 Å². The van der Waals surface area contributed by atoms with E-state index in [9.17, 15) is 27.9 Å². The number of rotatable bonds is 7. The third-order valence-electron chi connectivity index (χ3n) is 3.75. The van der Waals surface area contributed by atoms with Crippen molar-refractivity contribution in [3.63, 3.8) is 0 Å². The van der Waals surface area contributed by atoms with Crippen molar-refractivity contribution in [2.45, 2.75) is 11.4 Å². The van der Waals surface area contributed by atoms with Gasteiger partial charge in [0.2, 0.25) is 15.9 Å². The molecule has 1 unspecified atom stereocenters. The minimum atomic E-state index is -3.73. The van der Waals surface area contributed by atoms with E-state index in [0.29, 0.717) is 17.1 Å². The predicted octanol–water partition coefficient (Wildman–Crippen LogP) is -1.02. The molecule has 0 bridgehead atoms. The quantitative estimate of drug-likeness (QED) is 0.512. The van der Waals surface area contributed by atoms with Crippen LogP contribution < -0.4 is 5.32 Å². The minimum Gasteiger partial charge on any atom is -0.477 e. The number of amides is 2. The van der Waals surface area contributed by atoms with Gasteiger partial charge in [-0.15, -0.1) is 11.8 Å². The molecule has 2 aliphatic rings. The normalized spacial score (nSPS) is 23.4. The molecule has 2 aliphatic heterocycles. The van der Waals surface area contributed by atoms with Crippen LogP contribution in [-0.2, 0) is 24.4 Å². The summed E-state index contributed by atoms with van der Waals surface area (Å²) >= 11 is 2.82. The maximum atomic E-state index is 12.3. The van der Waals surface area contributed by atoms with Gasteiger partial charge >= 0.3 is 5.97 Å². The number of nitrogens with zero attached hydrogens (tertiary/aromatic N) is 2. The van der Waals surface area contributed by atoms with Crippen LogP contribution in [0.5, 0.6) is 0 Å². The first-order chi connectivity index (χ1) is 11.6. The molecule has 2 N–H and O–H groups in total. The van der Waals surface area contributed by atoms with Crippen LogP contribution in [0.4, 0.5) is 0 Å². The molecule has 0 saturated carbocycles. The highest BCUT2D eigenvalue weighted by atomic mass is 32.2. The summed E-state index contributed by atoms with van der Waals surface area (Å²) in [6.45, 7) is 0. The van der Waals surface area contributed by atoms with E-state index in [0.717, 1.165) is 4.31 Å². The van der Waals surface area contributed by atoms with Crippen LogP contribution in [0.1, 0.15) is 0 Å². The van der Waals surface area contributed by atoms with E-state index in [4.69, 9.17) is 0 Å². The number of hydrogen-bond acceptors (Lipinski definition) is 7. The number of carboxylic acids is 1. The van der Waals surface area contributed by atoms with E-state index in [-0.39, 0.29) is 5.70 Å². The number of carboxylic acid groups (broad SMARTS) is 1. The average Bonchev–Trinajstić information content (AvgIpc) is 2.51. The van der Waals surface area contributed by atoms with Crippen LogP contribution in [0.2, 0.25) is 0 Å². The lowest BCUT2D eigenvalue weighted by atomic mass is 10.0. The molecule has 1 fully saturated rings. The molecule has 140 valence electrons. The highest BCUT2D eigenvalue weighted by Gasteiger charge is 2.54. The standard InChI is InChI=1S/C13H19N3O6S3/c1-15(2)25(21,22)6-8(17)14-9-11(18)16-10(13(19)20)7(4-23-3)5-24-12(9)16/h9,12H,4-6H2,1-3H3,(H,14,17)(H,19,20)/t9?,12-/m0/s1. The fourth-order valence-electron chi connectivity index (χ4n) is 2.48. The molecular weight excluding hydrogens is 390 g/mol. The third-order valence-corrected chi connectivity index (χ3v) is 7.47. The smallest absolute Gasteiger partial charge is 0.352 e. The fraction of sp³-hybridized carbons (Fsp3) is 0.615. The predicted molar refractivity (Wildman–Crippen MR) is 95.5 cm³/mol. The molecular formula is C13H19N3O6S3. The second-order valence-electron chi connectivity index (χ2n) is 5.68. The van der Waals surface area contributed by atoms with Crippen LogP contribution in [0.3, 0.4) is 0 Å². The lowest BCUT2D eigenvalue weighted by Gasteiger charge is -2.49. The van der Waals surface area contributed by atoms with E-state index in [1.807, 2.05) is 6.26 Å². The van der Waals surface area contributed by atoms with Crippen molar-refractivity contribution < 1.29 is 27.9 Å². The highest BCUT2D eigenvalue weighted by Crippen LogP contribution is 2.40. The minimum absolute atomic E-state index is 0.0329. The zero-order valence-corrected chi connectivity index (χ0v) is 16.3. The number of carbonyl (C=O) groups is 3. The van der Waals surface area contributed by atoms with Crippen molar-refractivity contribution >= 4 is 51.3 Å². The molecule has 2 heterocycles. The van der Waals surface area contributed by atoms with Gasteiger partial charge in [0, 0.05) is 25.6 Å². The first-order valence-corrected chi connectivity index (χ1v) is 11.2. The Bertz CT molecular complexity index is 733. The molecule has 2 amide bonds. The van der Waals surface area contributed by atoms with E-state index >= 15 is 0 Å². The number of sulfonamides is 1. The maximum absolute atomic E-state index is 12.3. The number of β-lactam (4-membered cyclic amide) rings is 1. The Morgan fingerprint density at radius 3 is 2.60 bits per heavy atom. The Hall–Kier alpha value is -1.24. The zero-order valence-electron chi connectivity index (χ0n) is 13.9. The topological polar surface area (TPSA) is 124 Å². The molecule has 1 saturated heterocycles. The van der Waals surface area contributed by atoms with Crippen molar-refractivity contribution in [3.05, 3.63) is 11.3 Å². The van der Waals surface area contributed by atoms with Gasteiger partial charge in [-0.05, 0) is 11.8 Å². The van der Waals surface area contributed by atoms with Gasteiger partial charge in [0.1, 0.15) is 22.9 Å². The number of carbonyl (C=O) groups excluding carboxylic acids is 2. The Kier molecular flexibility index (Phi) is 6.07. The summed E-state index contributed by atoms with van der Waals surface area (Å²) in [4.78, 5) is 37.0. The number of nitrogens with one attached hydrogen (secondary N) is 1. The Morgan fingerprint density at radius 2 is 2.08 bits per heavy atom. The second-order valence-corrected chi connectivity index (χ2v) is 9.84. The SMILES string of the molecule is CSCC1=C(C(=O)O)N2C(=O)C(NC(=O)CS(=O)(=O)N(C)C)[C@@H]2SC1. The molecule has 2 rings (SSSR count). The molecule has 0 radical (unpaired) electrons. The van der Waals surface area contributed by atoms with Gasteiger partial charge in [-0.25, -0.2) is 17.5 Å². The molecule has 0 aromatic carbocycles. The van der Waals surface area contributed by atoms with Crippen molar-refractivity contribution in [2.75, 3.05) is 37.6 Å². The number of hydrogen-bond donors (Lipinski definition) is 2. The number of aliphatic carboxylic acids is 1. The lowest BCUT2D eigenvalue weighted by molar-refractivity contribution is -0.150. The summed E-state index contributed by atoms with van der Waals surface area (Å²) in [6, 6.07) is -0.917. The largest absolute Gasteiger partial charge is 0.477 e. The monoisotopic (exact) mass is 409 g/mol. The van der Waals surface area contributed by atoms with Gasteiger partial charge in [-0.1, -0.05) is 0 Å². The zero-order chi connectivity index (χ0) is 18.9. The highest BCUT2D eigenvalue weighted by molar-refractivity contribution is 8.00. The van der Waals surface area contributed by atoms with Crippen molar-refractivity contribution in [1.29, 1.82) is 0 Å². The summed E-state index contributed by atoms with van der Waals surface area (Å²) in [6.07, 6.45) is 1.84. The fourth-order valence-corrected chi connectivity index (χ4v) is 5.21. The Morgan fingerprint density at radius 1 is 1.44 bits per heavy atom. The molecule has 0 aromatic heterocycles. The molecule has 0 aliphatic carbocycles. The molecule has 0 spiro atoms. The number of fused-ring (bicyclic) bond motifs is 1. The number of thioether (sulfide) groups is 2. The second kappa shape index (κ2) is 7.56. The summed E-state index contributed by atoms with van der Waals surface area (Å²) < 4.78 is 24.4. The molecule has 2 atom stereocenters. The van der Waals surface area contributed by atoms with Crippen molar-refractivity contribution in [1.82, 2.24) is 14.5 Å². The summed E-state index contributed by atoms with van der Waals surface area (Å²) in [5, 5.41) is 11.3.